The third kappa shape index (κ3) is 4.88. The Hall–Kier alpha value is -0.750. The molecule has 1 N–H and O–H groups in total. The van der Waals surface area contributed by atoms with Gasteiger partial charge in [-0.05, 0) is 43.0 Å². The zero-order valence-electron chi connectivity index (χ0n) is 11.8. The summed E-state index contributed by atoms with van der Waals surface area (Å²) in [5, 5.41) is 10.3. The fraction of sp³-hybridized carbons (Fsp3) is 0.600. The summed E-state index contributed by atoms with van der Waals surface area (Å²) in [4.78, 5) is 0. The van der Waals surface area contributed by atoms with Crippen molar-refractivity contribution in [2.45, 2.75) is 50.8 Å². The quantitative estimate of drug-likeness (QED) is 0.836. The number of rotatable bonds is 5. The standard InChI is InChI=1S/C15H18BrF3O2/c1-14(20,4-2-5-15(17,18)19)9-11-8-12(16)7-10-3-6-21-13(10)11/h7-8,20H,2-6,9H2,1H3. The first-order valence-corrected chi connectivity index (χ1v) is 7.69. The van der Waals surface area contributed by atoms with Gasteiger partial charge >= 0.3 is 6.18 Å². The van der Waals surface area contributed by atoms with Crippen molar-refractivity contribution in [3.63, 3.8) is 0 Å². The zero-order valence-corrected chi connectivity index (χ0v) is 13.4. The average Bonchev–Trinajstić information content (AvgIpc) is 2.73. The predicted octanol–water partition coefficient (Wildman–Crippen LogP) is 4.41. The normalized spacial score (nSPS) is 17.2. The van der Waals surface area contributed by atoms with E-state index in [0.717, 1.165) is 27.8 Å². The van der Waals surface area contributed by atoms with Crippen molar-refractivity contribution >= 4 is 15.9 Å². The molecule has 0 fully saturated rings. The van der Waals surface area contributed by atoms with Crippen molar-refractivity contribution in [3.05, 3.63) is 27.7 Å². The number of ether oxygens (including phenoxy) is 1. The van der Waals surface area contributed by atoms with Gasteiger partial charge in [-0.3, -0.25) is 0 Å². The number of benzene rings is 1. The minimum absolute atomic E-state index is 0.0758. The lowest BCUT2D eigenvalue weighted by atomic mass is 9.90. The van der Waals surface area contributed by atoms with Crippen LogP contribution in [0.15, 0.2) is 16.6 Å². The Bertz CT molecular complexity index is 512. The van der Waals surface area contributed by atoms with Gasteiger partial charge in [-0.25, -0.2) is 0 Å². The topological polar surface area (TPSA) is 29.5 Å². The van der Waals surface area contributed by atoms with E-state index < -0.39 is 18.2 Å². The summed E-state index contributed by atoms with van der Waals surface area (Å²) >= 11 is 3.42. The maximum atomic E-state index is 12.2. The highest BCUT2D eigenvalue weighted by Crippen LogP contribution is 2.36. The largest absolute Gasteiger partial charge is 0.493 e. The molecule has 1 atom stereocenters. The Balaban J connectivity index is 2.03. The van der Waals surface area contributed by atoms with Crippen molar-refractivity contribution in [3.8, 4) is 5.75 Å². The van der Waals surface area contributed by atoms with Gasteiger partial charge in [0.25, 0.3) is 0 Å². The molecule has 0 amide bonds. The molecule has 1 aliphatic heterocycles. The van der Waals surface area contributed by atoms with Gasteiger partial charge in [0, 0.05) is 23.7 Å². The Morgan fingerprint density at radius 1 is 1.29 bits per heavy atom. The van der Waals surface area contributed by atoms with Crippen LogP contribution in [-0.2, 0) is 12.8 Å². The van der Waals surface area contributed by atoms with E-state index in [1.807, 2.05) is 12.1 Å². The lowest BCUT2D eigenvalue weighted by Gasteiger charge is -2.24. The van der Waals surface area contributed by atoms with Crippen molar-refractivity contribution in [1.82, 2.24) is 0 Å². The number of halogens is 4. The van der Waals surface area contributed by atoms with E-state index in [9.17, 15) is 18.3 Å². The molecule has 2 nitrogen and oxygen atoms in total. The Labute approximate surface area is 130 Å². The molecule has 118 valence electrons. The van der Waals surface area contributed by atoms with E-state index in [2.05, 4.69) is 15.9 Å². The first-order valence-electron chi connectivity index (χ1n) is 6.89. The van der Waals surface area contributed by atoms with Gasteiger partial charge in [-0.1, -0.05) is 15.9 Å². The molecule has 0 saturated heterocycles. The lowest BCUT2D eigenvalue weighted by molar-refractivity contribution is -0.137. The van der Waals surface area contributed by atoms with Gasteiger partial charge in [-0.15, -0.1) is 0 Å². The van der Waals surface area contributed by atoms with Crippen LogP contribution in [0.3, 0.4) is 0 Å². The van der Waals surface area contributed by atoms with Crippen LogP contribution in [0, 0.1) is 0 Å². The summed E-state index contributed by atoms with van der Waals surface area (Å²) in [5.41, 5.74) is 0.741. The molecule has 1 unspecified atom stereocenters. The molecule has 21 heavy (non-hydrogen) atoms. The number of aliphatic hydroxyl groups is 1. The summed E-state index contributed by atoms with van der Waals surface area (Å²) in [6.07, 6.45) is -3.90. The summed E-state index contributed by atoms with van der Waals surface area (Å²) in [5.74, 6) is 0.772. The zero-order chi connectivity index (χ0) is 15.7. The van der Waals surface area contributed by atoms with Gasteiger partial charge < -0.3 is 9.84 Å². The maximum absolute atomic E-state index is 12.2. The lowest BCUT2D eigenvalue weighted by Crippen LogP contribution is -2.28. The monoisotopic (exact) mass is 366 g/mol. The van der Waals surface area contributed by atoms with E-state index in [1.54, 1.807) is 6.92 Å². The molecule has 1 aromatic carbocycles. The molecular formula is C15H18BrF3O2. The summed E-state index contributed by atoms with van der Waals surface area (Å²) in [6.45, 7) is 2.18. The van der Waals surface area contributed by atoms with E-state index >= 15 is 0 Å². The Kier molecular flexibility index (Phi) is 4.88. The molecular weight excluding hydrogens is 349 g/mol. The molecule has 0 radical (unpaired) electrons. The second-order valence-electron chi connectivity index (χ2n) is 5.79. The van der Waals surface area contributed by atoms with Gasteiger partial charge in [0.15, 0.2) is 0 Å². The van der Waals surface area contributed by atoms with Crippen molar-refractivity contribution in [2.24, 2.45) is 0 Å². The number of alkyl halides is 3. The van der Waals surface area contributed by atoms with Crippen LogP contribution in [0.1, 0.15) is 37.3 Å². The fourth-order valence-corrected chi connectivity index (χ4v) is 3.20. The van der Waals surface area contributed by atoms with E-state index in [0.29, 0.717) is 6.61 Å². The van der Waals surface area contributed by atoms with Crippen LogP contribution in [0.4, 0.5) is 13.2 Å². The van der Waals surface area contributed by atoms with E-state index in [4.69, 9.17) is 4.74 Å². The van der Waals surface area contributed by atoms with E-state index in [1.165, 1.54) is 0 Å². The first-order chi connectivity index (χ1) is 9.66. The fourth-order valence-electron chi connectivity index (χ4n) is 2.65. The highest BCUT2D eigenvalue weighted by atomic mass is 79.9. The number of fused-ring (bicyclic) bond motifs is 1. The molecule has 1 aromatic rings. The Morgan fingerprint density at radius 2 is 2.00 bits per heavy atom. The van der Waals surface area contributed by atoms with Crippen LogP contribution in [-0.4, -0.2) is 23.5 Å². The van der Waals surface area contributed by atoms with E-state index in [-0.39, 0.29) is 19.3 Å². The molecule has 0 saturated carbocycles. The Morgan fingerprint density at radius 3 is 2.67 bits per heavy atom. The second kappa shape index (κ2) is 6.16. The summed E-state index contributed by atoms with van der Waals surface area (Å²) in [7, 11) is 0. The SMILES string of the molecule is CC(O)(CCCC(F)(F)F)Cc1cc(Br)cc2c1OCC2. The van der Waals surface area contributed by atoms with Crippen LogP contribution >= 0.6 is 15.9 Å². The smallest absolute Gasteiger partial charge is 0.389 e. The predicted molar refractivity (Wildman–Crippen MR) is 77.6 cm³/mol. The molecule has 0 bridgehead atoms. The third-order valence-corrected chi connectivity index (χ3v) is 4.03. The van der Waals surface area contributed by atoms with Gasteiger partial charge in [0.1, 0.15) is 5.75 Å². The van der Waals surface area contributed by atoms with Gasteiger partial charge in [0.2, 0.25) is 0 Å². The van der Waals surface area contributed by atoms with Crippen molar-refractivity contribution < 1.29 is 23.0 Å². The first kappa shape index (κ1) is 16.6. The van der Waals surface area contributed by atoms with Gasteiger partial charge in [-0.2, -0.15) is 13.2 Å². The van der Waals surface area contributed by atoms with Crippen LogP contribution < -0.4 is 4.74 Å². The second-order valence-corrected chi connectivity index (χ2v) is 6.71. The van der Waals surface area contributed by atoms with Crippen molar-refractivity contribution in [1.29, 1.82) is 0 Å². The molecule has 1 heterocycles. The van der Waals surface area contributed by atoms with Gasteiger partial charge in [0.05, 0.1) is 12.2 Å². The van der Waals surface area contributed by atoms with Crippen LogP contribution in [0.2, 0.25) is 0 Å². The molecule has 0 aromatic heterocycles. The highest BCUT2D eigenvalue weighted by molar-refractivity contribution is 9.10. The van der Waals surface area contributed by atoms with Crippen LogP contribution in [0.25, 0.3) is 0 Å². The minimum atomic E-state index is -4.17. The number of hydrogen-bond donors (Lipinski definition) is 1. The molecule has 6 heteroatoms. The summed E-state index contributed by atoms with van der Waals surface area (Å²) < 4.78 is 43.0. The van der Waals surface area contributed by atoms with Crippen LogP contribution in [0.5, 0.6) is 5.75 Å². The maximum Gasteiger partial charge on any atom is 0.389 e. The van der Waals surface area contributed by atoms with Crippen molar-refractivity contribution in [2.75, 3.05) is 6.61 Å². The minimum Gasteiger partial charge on any atom is -0.493 e. The average molecular weight is 367 g/mol. The molecule has 2 rings (SSSR count). The highest BCUT2D eigenvalue weighted by Gasteiger charge is 2.30. The number of hydrogen-bond acceptors (Lipinski definition) is 2. The molecule has 0 aliphatic carbocycles. The third-order valence-electron chi connectivity index (χ3n) is 3.57. The molecule has 1 aliphatic rings. The molecule has 0 spiro atoms. The summed E-state index contributed by atoms with van der Waals surface area (Å²) in [6, 6.07) is 3.84.